The number of hydrogen-bond acceptors (Lipinski definition) is 6. The first-order valence-electron chi connectivity index (χ1n) is 6.77. The molecule has 10 heteroatoms. The molecule has 7 nitrogen and oxygen atoms in total. The van der Waals surface area contributed by atoms with E-state index in [1.165, 1.54) is 11.1 Å². The number of likely N-dealkylation sites (tertiary alicyclic amines) is 1. The number of carbonyl (C=O) groups is 1. The Labute approximate surface area is 141 Å². The Balaban J connectivity index is 1.86. The second-order valence-electron chi connectivity index (χ2n) is 5.02. The third-order valence-electron chi connectivity index (χ3n) is 3.45. The summed E-state index contributed by atoms with van der Waals surface area (Å²) in [6, 6.07) is 0. The Morgan fingerprint density at radius 3 is 2.83 bits per heavy atom. The molecule has 2 aromatic rings. The van der Waals surface area contributed by atoms with Crippen molar-refractivity contribution in [3.63, 3.8) is 0 Å². The molecular formula is C13H12Cl2FN5O2. The molecule has 0 aromatic carbocycles. The van der Waals surface area contributed by atoms with Gasteiger partial charge in [-0.05, 0) is 18.0 Å². The predicted molar refractivity (Wildman–Crippen MR) is 83.3 cm³/mol. The van der Waals surface area contributed by atoms with Crippen LogP contribution in [0.2, 0.25) is 10.4 Å². The lowest BCUT2D eigenvalue weighted by molar-refractivity contribution is 0.0817. The molecule has 3 heterocycles. The van der Waals surface area contributed by atoms with Crippen molar-refractivity contribution in [3.8, 4) is 0 Å². The highest BCUT2D eigenvalue weighted by Gasteiger charge is 2.23. The van der Waals surface area contributed by atoms with Gasteiger partial charge in [-0.25, -0.2) is 19.2 Å². The predicted octanol–water partition coefficient (Wildman–Crippen LogP) is 2.71. The van der Waals surface area contributed by atoms with Crippen molar-refractivity contribution in [2.75, 3.05) is 31.8 Å². The van der Waals surface area contributed by atoms with Crippen LogP contribution in [0.4, 0.5) is 15.0 Å². The van der Waals surface area contributed by atoms with Crippen LogP contribution >= 0.6 is 23.2 Å². The topological polar surface area (TPSA) is 71.5 Å². The fraction of sp³-hybridized carbons (Fsp3) is 0.385. The lowest BCUT2D eigenvalue weighted by Crippen LogP contribution is -2.43. The average molecular weight is 360 g/mol. The lowest BCUT2D eigenvalue weighted by atomic mass is 10.2. The number of hydrogen-bond donors (Lipinski definition) is 0. The molecule has 0 unspecified atom stereocenters. The SMILES string of the molecule is CN(COC(=O)N1CCC1)c1nc(Cl)nc2c(F)c(Cl)ncc12. The van der Waals surface area contributed by atoms with E-state index < -0.39 is 11.9 Å². The highest BCUT2D eigenvalue weighted by atomic mass is 35.5. The van der Waals surface area contributed by atoms with Crippen LogP contribution in [0.15, 0.2) is 6.20 Å². The summed E-state index contributed by atoms with van der Waals surface area (Å²) in [6.45, 7) is 1.32. The van der Waals surface area contributed by atoms with Crippen molar-refractivity contribution >= 4 is 46.0 Å². The molecule has 23 heavy (non-hydrogen) atoms. The minimum absolute atomic E-state index is 0.0408. The summed E-state index contributed by atoms with van der Waals surface area (Å²) in [7, 11) is 1.63. The Morgan fingerprint density at radius 2 is 2.17 bits per heavy atom. The molecule has 3 rings (SSSR count). The van der Waals surface area contributed by atoms with E-state index in [1.54, 1.807) is 11.9 Å². The second-order valence-corrected chi connectivity index (χ2v) is 5.72. The number of nitrogens with zero attached hydrogens (tertiary/aromatic N) is 5. The number of pyridine rings is 1. The quantitative estimate of drug-likeness (QED) is 0.476. The monoisotopic (exact) mass is 359 g/mol. The molecule has 0 saturated carbocycles. The van der Waals surface area contributed by atoms with Gasteiger partial charge in [-0.2, -0.15) is 4.98 Å². The van der Waals surface area contributed by atoms with Crippen LogP contribution < -0.4 is 4.90 Å². The zero-order valence-electron chi connectivity index (χ0n) is 12.1. The van der Waals surface area contributed by atoms with Gasteiger partial charge in [0.05, 0.1) is 5.39 Å². The van der Waals surface area contributed by atoms with Gasteiger partial charge >= 0.3 is 6.09 Å². The van der Waals surface area contributed by atoms with Crippen molar-refractivity contribution in [3.05, 3.63) is 22.5 Å². The number of anilines is 1. The summed E-state index contributed by atoms with van der Waals surface area (Å²) in [5.41, 5.74) is -0.0408. The number of carbonyl (C=O) groups excluding carboxylic acids is 1. The van der Waals surface area contributed by atoms with Crippen molar-refractivity contribution in [2.45, 2.75) is 6.42 Å². The van der Waals surface area contributed by atoms with E-state index in [-0.39, 0.29) is 22.7 Å². The van der Waals surface area contributed by atoms with Crippen LogP contribution in [-0.2, 0) is 4.74 Å². The molecule has 1 saturated heterocycles. The normalized spacial score (nSPS) is 13.8. The molecule has 1 fully saturated rings. The molecule has 1 amide bonds. The molecule has 0 N–H and O–H groups in total. The van der Waals surface area contributed by atoms with Gasteiger partial charge in [-0.15, -0.1) is 0 Å². The summed E-state index contributed by atoms with van der Waals surface area (Å²) in [5.74, 6) is -0.486. The molecule has 0 radical (unpaired) electrons. The van der Waals surface area contributed by atoms with Crippen molar-refractivity contribution in [1.82, 2.24) is 19.9 Å². The maximum absolute atomic E-state index is 14.0. The number of halogens is 3. The fourth-order valence-corrected chi connectivity index (χ4v) is 2.39. The third kappa shape index (κ3) is 3.09. The van der Waals surface area contributed by atoms with Crippen molar-refractivity contribution in [1.29, 1.82) is 0 Å². The molecule has 2 aromatic heterocycles. The number of amides is 1. The van der Waals surface area contributed by atoms with Crippen molar-refractivity contribution in [2.24, 2.45) is 0 Å². The van der Waals surface area contributed by atoms with Gasteiger partial charge in [-0.1, -0.05) is 11.6 Å². The molecule has 0 atom stereocenters. The van der Waals surface area contributed by atoms with E-state index in [4.69, 9.17) is 27.9 Å². The molecule has 122 valence electrons. The van der Waals surface area contributed by atoms with Crippen LogP contribution in [0, 0.1) is 5.82 Å². The fourth-order valence-electron chi connectivity index (χ4n) is 2.09. The van der Waals surface area contributed by atoms with E-state index in [1.807, 2.05) is 0 Å². The van der Waals surface area contributed by atoms with Crippen LogP contribution in [-0.4, -0.2) is 52.8 Å². The summed E-state index contributed by atoms with van der Waals surface area (Å²) >= 11 is 11.5. The van der Waals surface area contributed by atoms with Gasteiger partial charge in [0.1, 0.15) is 11.3 Å². The van der Waals surface area contributed by atoms with E-state index >= 15 is 0 Å². The Hall–Kier alpha value is -1.93. The van der Waals surface area contributed by atoms with E-state index in [0.717, 1.165) is 6.42 Å². The van der Waals surface area contributed by atoms with E-state index in [2.05, 4.69) is 15.0 Å². The van der Waals surface area contributed by atoms with Gasteiger partial charge in [0.25, 0.3) is 0 Å². The number of rotatable bonds is 3. The summed E-state index contributed by atoms with van der Waals surface area (Å²) in [4.78, 5) is 26.5. The second kappa shape index (κ2) is 6.29. The molecule has 0 spiro atoms. The largest absolute Gasteiger partial charge is 0.428 e. The van der Waals surface area contributed by atoms with Crippen LogP contribution in [0.1, 0.15) is 6.42 Å². The molecule has 0 bridgehead atoms. The van der Waals surface area contributed by atoms with Gasteiger partial charge in [0.15, 0.2) is 17.7 Å². The van der Waals surface area contributed by atoms with Gasteiger partial charge in [-0.3, -0.25) is 0 Å². The van der Waals surface area contributed by atoms with Crippen LogP contribution in [0.3, 0.4) is 0 Å². The molecule has 0 aliphatic carbocycles. The third-order valence-corrected chi connectivity index (χ3v) is 3.88. The summed E-state index contributed by atoms with van der Waals surface area (Å²) < 4.78 is 19.2. The maximum Gasteiger partial charge on any atom is 0.411 e. The number of fused-ring (bicyclic) bond motifs is 1. The highest BCUT2D eigenvalue weighted by Crippen LogP contribution is 2.28. The Bertz CT molecular complexity index is 772. The van der Waals surface area contributed by atoms with E-state index in [9.17, 15) is 9.18 Å². The summed E-state index contributed by atoms with van der Waals surface area (Å²) in [5, 5.41) is -0.126. The summed E-state index contributed by atoms with van der Waals surface area (Å²) in [6.07, 6.45) is 1.92. The standard InChI is InChI=1S/C13H12Cl2FN5O2/c1-20(6-23-13(22)21-3-2-4-21)11-7-5-17-10(14)8(16)9(7)18-12(15)19-11/h5H,2-4,6H2,1H3. The average Bonchev–Trinajstić information content (AvgIpc) is 2.46. The van der Waals surface area contributed by atoms with Gasteiger partial charge in [0.2, 0.25) is 5.28 Å². The highest BCUT2D eigenvalue weighted by molar-refractivity contribution is 6.30. The Kier molecular flexibility index (Phi) is 4.36. The maximum atomic E-state index is 14.0. The first kappa shape index (κ1) is 15.9. The minimum atomic E-state index is -0.777. The van der Waals surface area contributed by atoms with Crippen LogP contribution in [0.25, 0.3) is 10.9 Å². The zero-order chi connectivity index (χ0) is 16.6. The molecular weight excluding hydrogens is 348 g/mol. The first-order valence-corrected chi connectivity index (χ1v) is 7.53. The molecule has 1 aliphatic heterocycles. The number of aromatic nitrogens is 3. The Morgan fingerprint density at radius 1 is 1.43 bits per heavy atom. The van der Waals surface area contributed by atoms with Gasteiger partial charge < -0.3 is 14.5 Å². The van der Waals surface area contributed by atoms with E-state index in [0.29, 0.717) is 24.3 Å². The van der Waals surface area contributed by atoms with Crippen LogP contribution in [0.5, 0.6) is 0 Å². The zero-order valence-corrected chi connectivity index (χ0v) is 13.6. The molecule has 1 aliphatic rings. The first-order chi connectivity index (χ1) is 11.0. The lowest BCUT2D eigenvalue weighted by Gasteiger charge is -2.30. The minimum Gasteiger partial charge on any atom is -0.428 e. The van der Waals surface area contributed by atoms with Crippen molar-refractivity contribution < 1.29 is 13.9 Å². The van der Waals surface area contributed by atoms with Gasteiger partial charge in [0, 0.05) is 26.3 Å². The number of ether oxygens (including phenoxy) is 1. The smallest absolute Gasteiger partial charge is 0.411 e.